The maximum Gasteiger partial charge on any atom is 0.0233 e. The van der Waals surface area contributed by atoms with Gasteiger partial charge in [0.05, 0.1) is 0 Å². The van der Waals surface area contributed by atoms with E-state index in [1.54, 1.807) is 0 Å². The Morgan fingerprint density at radius 1 is 1.18 bits per heavy atom. The van der Waals surface area contributed by atoms with Crippen LogP contribution in [0.5, 0.6) is 0 Å². The molecular formula is C15H26N2. The predicted octanol–water partition coefficient (Wildman–Crippen LogP) is 2.73. The monoisotopic (exact) mass is 234 g/mol. The molecule has 1 rings (SSSR count). The standard InChI is InChI=1S/C15H26N2/c1-5-8-16-9-10-17(4)12-15-7-6-13(2)11-14(15)3/h6-7,11,16H,5,8-10,12H2,1-4H3. The Morgan fingerprint density at radius 3 is 2.59 bits per heavy atom. The van der Waals surface area contributed by atoms with Crippen LogP contribution in [-0.4, -0.2) is 31.6 Å². The number of benzene rings is 1. The van der Waals surface area contributed by atoms with Crippen LogP contribution in [0.15, 0.2) is 18.2 Å². The summed E-state index contributed by atoms with van der Waals surface area (Å²) in [6, 6.07) is 6.71. The van der Waals surface area contributed by atoms with Gasteiger partial charge in [-0.05, 0) is 45.0 Å². The van der Waals surface area contributed by atoms with Crippen molar-refractivity contribution in [1.82, 2.24) is 10.2 Å². The first-order valence-electron chi connectivity index (χ1n) is 6.59. The average Bonchev–Trinajstić information content (AvgIpc) is 2.28. The highest BCUT2D eigenvalue weighted by molar-refractivity contribution is 5.30. The van der Waals surface area contributed by atoms with Gasteiger partial charge in [-0.15, -0.1) is 0 Å². The molecule has 17 heavy (non-hydrogen) atoms. The van der Waals surface area contributed by atoms with Crippen LogP contribution in [-0.2, 0) is 6.54 Å². The zero-order valence-electron chi connectivity index (χ0n) is 11.7. The molecule has 0 atom stereocenters. The van der Waals surface area contributed by atoms with E-state index in [2.05, 4.69) is 56.2 Å². The van der Waals surface area contributed by atoms with E-state index in [9.17, 15) is 0 Å². The fourth-order valence-electron chi connectivity index (χ4n) is 1.96. The number of aryl methyl sites for hydroxylation is 2. The molecule has 0 aliphatic heterocycles. The van der Waals surface area contributed by atoms with Gasteiger partial charge >= 0.3 is 0 Å². The highest BCUT2D eigenvalue weighted by Gasteiger charge is 2.02. The Hall–Kier alpha value is -0.860. The van der Waals surface area contributed by atoms with Gasteiger partial charge in [0, 0.05) is 19.6 Å². The number of hydrogen-bond donors (Lipinski definition) is 1. The lowest BCUT2D eigenvalue weighted by molar-refractivity contribution is 0.324. The van der Waals surface area contributed by atoms with E-state index in [1.807, 2.05) is 0 Å². The van der Waals surface area contributed by atoms with Crippen molar-refractivity contribution in [2.45, 2.75) is 33.7 Å². The molecule has 1 N–H and O–H groups in total. The van der Waals surface area contributed by atoms with Gasteiger partial charge < -0.3 is 10.2 Å². The second-order valence-electron chi connectivity index (χ2n) is 4.92. The summed E-state index contributed by atoms with van der Waals surface area (Å²) in [5, 5.41) is 3.43. The summed E-state index contributed by atoms with van der Waals surface area (Å²) >= 11 is 0. The first-order chi connectivity index (χ1) is 8.13. The third kappa shape index (κ3) is 5.33. The molecule has 0 radical (unpaired) electrons. The first-order valence-corrected chi connectivity index (χ1v) is 6.59. The van der Waals surface area contributed by atoms with Crippen molar-refractivity contribution in [1.29, 1.82) is 0 Å². The van der Waals surface area contributed by atoms with Crippen molar-refractivity contribution >= 4 is 0 Å². The lowest BCUT2D eigenvalue weighted by atomic mass is 10.1. The van der Waals surface area contributed by atoms with Crippen molar-refractivity contribution in [2.75, 3.05) is 26.7 Å². The van der Waals surface area contributed by atoms with Crippen molar-refractivity contribution in [3.8, 4) is 0 Å². The average molecular weight is 234 g/mol. The van der Waals surface area contributed by atoms with Crippen LogP contribution in [0, 0.1) is 13.8 Å². The topological polar surface area (TPSA) is 15.3 Å². The molecule has 0 spiro atoms. The summed E-state index contributed by atoms with van der Waals surface area (Å²) < 4.78 is 0. The maximum atomic E-state index is 3.43. The normalized spacial score (nSPS) is 11.1. The lowest BCUT2D eigenvalue weighted by Crippen LogP contribution is -2.29. The lowest BCUT2D eigenvalue weighted by Gasteiger charge is -2.18. The molecule has 0 aromatic heterocycles. The van der Waals surface area contributed by atoms with Crippen LogP contribution in [0.3, 0.4) is 0 Å². The van der Waals surface area contributed by atoms with E-state index in [0.29, 0.717) is 0 Å². The molecule has 0 aliphatic rings. The maximum absolute atomic E-state index is 3.43. The van der Waals surface area contributed by atoms with E-state index in [0.717, 1.165) is 26.2 Å². The van der Waals surface area contributed by atoms with E-state index in [-0.39, 0.29) is 0 Å². The van der Waals surface area contributed by atoms with Crippen molar-refractivity contribution < 1.29 is 0 Å². The largest absolute Gasteiger partial charge is 0.315 e. The molecular weight excluding hydrogens is 208 g/mol. The highest BCUT2D eigenvalue weighted by atomic mass is 15.1. The van der Waals surface area contributed by atoms with Crippen LogP contribution in [0.4, 0.5) is 0 Å². The third-order valence-corrected chi connectivity index (χ3v) is 3.04. The fourth-order valence-corrected chi connectivity index (χ4v) is 1.96. The zero-order chi connectivity index (χ0) is 12.7. The summed E-state index contributed by atoms with van der Waals surface area (Å²) in [4.78, 5) is 2.38. The first kappa shape index (κ1) is 14.2. The van der Waals surface area contributed by atoms with Crippen molar-refractivity contribution in [2.24, 2.45) is 0 Å². The minimum atomic E-state index is 1.04. The van der Waals surface area contributed by atoms with Gasteiger partial charge in [-0.2, -0.15) is 0 Å². The van der Waals surface area contributed by atoms with E-state index >= 15 is 0 Å². The van der Waals surface area contributed by atoms with Gasteiger partial charge in [-0.25, -0.2) is 0 Å². The molecule has 0 aliphatic carbocycles. The second-order valence-corrected chi connectivity index (χ2v) is 4.92. The molecule has 0 saturated heterocycles. The summed E-state index contributed by atoms with van der Waals surface area (Å²) in [6.45, 7) is 10.9. The molecule has 1 aromatic carbocycles. The van der Waals surface area contributed by atoms with Crippen LogP contribution >= 0.6 is 0 Å². The van der Waals surface area contributed by atoms with E-state index < -0.39 is 0 Å². The Bertz CT molecular complexity index is 334. The summed E-state index contributed by atoms with van der Waals surface area (Å²) in [7, 11) is 2.19. The number of hydrogen-bond acceptors (Lipinski definition) is 2. The molecule has 0 amide bonds. The number of rotatable bonds is 7. The minimum Gasteiger partial charge on any atom is -0.315 e. The van der Waals surface area contributed by atoms with Gasteiger partial charge in [0.25, 0.3) is 0 Å². The Morgan fingerprint density at radius 2 is 1.94 bits per heavy atom. The molecule has 0 heterocycles. The smallest absolute Gasteiger partial charge is 0.0233 e. The van der Waals surface area contributed by atoms with Crippen LogP contribution in [0.2, 0.25) is 0 Å². The minimum absolute atomic E-state index is 1.04. The molecule has 0 unspecified atom stereocenters. The number of likely N-dealkylation sites (N-methyl/N-ethyl adjacent to an activating group) is 1. The molecule has 0 fully saturated rings. The Kier molecular flexibility index (Phi) is 6.23. The summed E-state index contributed by atoms with van der Waals surface area (Å²) in [5.74, 6) is 0. The van der Waals surface area contributed by atoms with Crippen molar-refractivity contribution in [3.05, 3.63) is 34.9 Å². The number of nitrogens with zero attached hydrogens (tertiary/aromatic N) is 1. The summed E-state index contributed by atoms with van der Waals surface area (Å²) in [6.07, 6.45) is 1.21. The molecule has 0 saturated carbocycles. The quantitative estimate of drug-likeness (QED) is 0.730. The van der Waals surface area contributed by atoms with Gasteiger partial charge in [-0.3, -0.25) is 0 Å². The number of nitrogens with one attached hydrogen (secondary N) is 1. The predicted molar refractivity (Wildman–Crippen MR) is 75.4 cm³/mol. The van der Waals surface area contributed by atoms with E-state index in [1.165, 1.54) is 23.1 Å². The molecule has 2 nitrogen and oxygen atoms in total. The van der Waals surface area contributed by atoms with Crippen LogP contribution in [0.1, 0.15) is 30.0 Å². The molecule has 2 heteroatoms. The van der Waals surface area contributed by atoms with Crippen LogP contribution in [0.25, 0.3) is 0 Å². The third-order valence-electron chi connectivity index (χ3n) is 3.04. The Labute approximate surface area is 106 Å². The SMILES string of the molecule is CCCNCCN(C)Cc1ccc(C)cc1C. The van der Waals surface area contributed by atoms with Crippen LogP contribution < -0.4 is 5.32 Å². The molecule has 96 valence electrons. The highest BCUT2D eigenvalue weighted by Crippen LogP contribution is 2.12. The van der Waals surface area contributed by atoms with Gasteiger partial charge in [0.2, 0.25) is 0 Å². The van der Waals surface area contributed by atoms with Crippen molar-refractivity contribution in [3.63, 3.8) is 0 Å². The van der Waals surface area contributed by atoms with Gasteiger partial charge in [-0.1, -0.05) is 30.7 Å². The molecule has 1 aromatic rings. The van der Waals surface area contributed by atoms with E-state index in [4.69, 9.17) is 0 Å². The second kappa shape index (κ2) is 7.46. The van der Waals surface area contributed by atoms with Gasteiger partial charge in [0.1, 0.15) is 0 Å². The zero-order valence-corrected chi connectivity index (χ0v) is 11.7. The fraction of sp³-hybridized carbons (Fsp3) is 0.600. The molecule has 0 bridgehead atoms. The van der Waals surface area contributed by atoms with Gasteiger partial charge in [0.15, 0.2) is 0 Å². The summed E-state index contributed by atoms with van der Waals surface area (Å²) in [5.41, 5.74) is 4.19. The Balaban J connectivity index is 2.37.